The Hall–Kier alpha value is -2.22. The molecule has 3 atom stereocenters. The predicted octanol–water partition coefficient (Wildman–Crippen LogP) is 2.48. The summed E-state index contributed by atoms with van der Waals surface area (Å²) < 4.78 is 0. The molecule has 0 aromatic heterocycles. The average Bonchev–Trinajstić information content (AvgIpc) is 2.81. The van der Waals surface area contributed by atoms with Crippen LogP contribution in [0.15, 0.2) is 71.4 Å². The van der Waals surface area contributed by atoms with E-state index in [1.165, 1.54) is 5.57 Å². The molecule has 0 aliphatic heterocycles. The molecule has 0 saturated carbocycles. The van der Waals surface area contributed by atoms with Crippen LogP contribution in [0.1, 0.15) is 0 Å². The van der Waals surface area contributed by atoms with Gasteiger partial charge in [-0.05, 0) is 23.3 Å². The Morgan fingerprint density at radius 2 is 1.53 bits per heavy atom. The first-order valence-electron chi connectivity index (χ1n) is 6.51. The van der Waals surface area contributed by atoms with Crippen LogP contribution in [0.3, 0.4) is 0 Å². The van der Waals surface area contributed by atoms with Gasteiger partial charge >= 0.3 is 0 Å². The van der Waals surface area contributed by atoms with Gasteiger partial charge < -0.3 is 0 Å². The smallest absolute Gasteiger partial charge is 0.182 e. The summed E-state index contributed by atoms with van der Waals surface area (Å²) in [6.07, 6.45) is 17.2. The summed E-state index contributed by atoms with van der Waals surface area (Å²) in [7, 11) is 0. The van der Waals surface area contributed by atoms with E-state index in [2.05, 4.69) is 6.08 Å². The minimum absolute atomic E-state index is 0.0169. The van der Waals surface area contributed by atoms with Gasteiger partial charge in [0.15, 0.2) is 11.6 Å². The van der Waals surface area contributed by atoms with Crippen LogP contribution in [0, 0.1) is 17.8 Å². The van der Waals surface area contributed by atoms with Gasteiger partial charge in [-0.2, -0.15) is 0 Å². The minimum Gasteiger partial charge on any atom is -0.294 e. The van der Waals surface area contributed by atoms with Gasteiger partial charge in [-0.3, -0.25) is 9.59 Å². The Labute approximate surface area is 111 Å². The highest BCUT2D eigenvalue weighted by atomic mass is 16.1. The molecule has 0 radical (unpaired) electrons. The first-order valence-corrected chi connectivity index (χ1v) is 6.51. The van der Waals surface area contributed by atoms with Gasteiger partial charge in [0.05, 0.1) is 5.92 Å². The van der Waals surface area contributed by atoms with Crippen molar-refractivity contribution in [2.45, 2.75) is 0 Å². The van der Waals surface area contributed by atoms with Crippen LogP contribution in [-0.4, -0.2) is 11.6 Å². The van der Waals surface area contributed by atoms with Crippen LogP contribution in [-0.2, 0) is 9.59 Å². The van der Waals surface area contributed by atoms with Crippen molar-refractivity contribution in [3.8, 4) is 0 Å². The van der Waals surface area contributed by atoms with E-state index in [-0.39, 0.29) is 29.3 Å². The van der Waals surface area contributed by atoms with Crippen LogP contribution in [0.25, 0.3) is 0 Å². The van der Waals surface area contributed by atoms with Crippen molar-refractivity contribution in [1.29, 1.82) is 0 Å². The zero-order chi connectivity index (χ0) is 13.0. The van der Waals surface area contributed by atoms with Crippen molar-refractivity contribution in [3.05, 3.63) is 71.4 Å². The second-order valence-electron chi connectivity index (χ2n) is 5.27. The minimum atomic E-state index is -0.0731. The molecule has 0 aromatic rings. The second-order valence-corrected chi connectivity index (χ2v) is 5.27. The number of fused-ring (bicyclic) bond motifs is 5. The summed E-state index contributed by atoms with van der Waals surface area (Å²) in [5.74, 6) is 0.244. The van der Waals surface area contributed by atoms with Gasteiger partial charge in [0.1, 0.15) is 0 Å². The molecule has 0 amide bonds. The summed E-state index contributed by atoms with van der Waals surface area (Å²) >= 11 is 0. The number of hydrogen-bond donors (Lipinski definition) is 0. The summed E-state index contributed by atoms with van der Waals surface area (Å²) in [6.45, 7) is 0. The van der Waals surface area contributed by atoms with Gasteiger partial charge in [0.25, 0.3) is 0 Å². The quantitative estimate of drug-likeness (QED) is 0.660. The van der Waals surface area contributed by atoms with E-state index in [1.54, 1.807) is 12.2 Å². The van der Waals surface area contributed by atoms with Crippen LogP contribution < -0.4 is 0 Å². The van der Waals surface area contributed by atoms with Crippen LogP contribution in [0.5, 0.6) is 0 Å². The van der Waals surface area contributed by atoms with E-state index in [4.69, 9.17) is 0 Å². The number of rotatable bonds is 0. The SMILES string of the molecule is O=C1C=CC2C1=CC=C1C2=CC(=O)C2C=CC=CC12. The fraction of sp³-hybridized carbons (Fsp3) is 0.176. The highest BCUT2D eigenvalue weighted by Crippen LogP contribution is 2.45. The largest absolute Gasteiger partial charge is 0.294 e. The van der Waals surface area contributed by atoms with Gasteiger partial charge in [-0.25, -0.2) is 0 Å². The van der Waals surface area contributed by atoms with Crippen LogP contribution in [0.2, 0.25) is 0 Å². The van der Waals surface area contributed by atoms with E-state index in [0.29, 0.717) is 0 Å². The average molecular weight is 248 g/mol. The van der Waals surface area contributed by atoms with Gasteiger partial charge in [0, 0.05) is 17.4 Å². The number of ketones is 2. The first-order chi connectivity index (χ1) is 9.25. The molecule has 4 rings (SSSR count). The molecule has 4 aliphatic rings. The zero-order valence-corrected chi connectivity index (χ0v) is 10.2. The number of allylic oxidation sites excluding steroid dienone is 12. The zero-order valence-electron chi connectivity index (χ0n) is 10.2. The molecule has 0 fully saturated rings. The maximum atomic E-state index is 12.2. The van der Waals surface area contributed by atoms with Gasteiger partial charge in [-0.1, -0.05) is 42.5 Å². The Morgan fingerprint density at radius 1 is 0.789 bits per heavy atom. The third kappa shape index (κ3) is 1.37. The van der Waals surface area contributed by atoms with E-state index in [9.17, 15) is 9.59 Å². The van der Waals surface area contributed by atoms with Crippen LogP contribution >= 0.6 is 0 Å². The lowest BCUT2D eigenvalue weighted by Gasteiger charge is -2.34. The number of carbonyl (C=O) groups is 2. The highest BCUT2D eigenvalue weighted by molar-refractivity contribution is 6.09. The van der Waals surface area contributed by atoms with E-state index < -0.39 is 0 Å². The summed E-state index contributed by atoms with van der Waals surface area (Å²) in [6, 6.07) is 0. The molecule has 3 unspecified atom stereocenters. The molecule has 92 valence electrons. The molecule has 0 aromatic carbocycles. The highest BCUT2D eigenvalue weighted by Gasteiger charge is 2.39. The molecular formula is C17H12O2. The molecule has 0 bridgehead atoms. The maximum Gasteiger partial charge on any atom is 0.182 e. The first kappa shape index (κ1) is 10.7. The molecule has 0 spiro atoms. The third-order valence-electron chi connectivity index (χ3n) is 4.29. The number of carbonyl (C=O) groups excluding carboxylic acids is 2. The van der Waals surface area contributed by atoms with Gasteiger partial charge in [0.2, 0.25) is 0 Å². The summed E-state index contributed by atoms with van der Waals surface area (Å²) in [5.41, 5.74) is 2.97. The third-order valence-corrected chi connectivity index (χ3v) is 4.29. The van der Waals surface area contributed by atoms with Crippen molar-refractivity contribution >= 4 is 11.6 Å². The lowest BCUT2D eigenvalue weighted by atomic mass is 9.68. The van der Waals surface area contributed by atoms with E-state index in [0.717, 1.165) is 11.1 Å². The summed E-state index contributed by atoms with van der Waals surface area (Å²) in [4.78, 5) is 24.0. The maximum absolute atomic E-state index is 12.2. The summed E-state index contributed by atoms with van der Waals surface area (Å²) in [5, 5.41) is 0. The second kappa shape index (κ2) is 3.64. The fourth-order valence-corrected chi connectivity index (χ4v) is 3.35. The Balaban J connectivity index is 1.89. The molecule has 0 saturated heterocycles. The van der Waals surface area contributed by atoms with Crippen LogP contribution in [0.4, 0.5) is 0 Å². The van der Waals surface area contributed by atoms with Crippen molar-refractivity contribution in [3.63, 3.8) is 0 Å². The molecular weight excluding hydrogens is 236 g/mol. The van der Waals surface area contributed by atoms with E-state index in [1.807, 2.05) is 36.5 Å². The Bertz CT molecular complexity index is 680. The normalized spacial score (nSPS) is 34.3. The van der Waals surface area contributed by atoms with Crippen molar-refractivity contribution in [2.75, 3.05) is 0 Å². The standard InChI is InChI=1S/C17H12O2/c18-16-8-7-12-14(16)6-5-11-10-3-1-2-4-13(10)17(19)9-15(11)12/h1-10,12-13H. The van der Waals surface area contributed by atoms with E-state index >= 15 is 0 Å². The molecule has 2 heteroatoms. The predicted molar refractivity (Wildman–Crippen MR) is 72.2 cm³/mol. The lowest BCUT2D eigenvalue weighted by Crippen LogP contribution is -2.31. The molecule has 19 heavy (non-hydrogen) atoms. The topological polar surface area (TPSA) is 34.1 Å². The molecule has 0 heterocycles. The lowest BCUT2D eigenvalue weighted by molar-refractivity contribution is -0.118. The molecule has 2 nitrogen and oxygen atoms in total. The molecule has 0 N–H and O–H groups in total. The monoisotopic (exact) mass is 248 g/mol. The van der Waals surface area contributed by atoms with Crippen molar-refractivity contribution < 1.29 is 9.59 Å². The van der Waals surface area contributed by atoms with Crippen molar-refractivity contribution in [2.24, 2.45) is 17.8 Å². The van der Waals surface area contributed by atoms with Crippen molar-refractivity contribution in [1.82, 2.24) is 0 Å². The Morgan fingerprint density at radius 3 is 2.37 bits per heavy atom. The number of hydrogen-bond acceptors (Lipinski definition) is 2. The Kier molecular flexibility index (Phi) is 2.05. The van der Waals surface area contributed by atoms with Gasteiger partial charge in [-0.15, -0.1) is 0 Å². The molecule has 4 aliphatic carbocycles. The fourth-order valence-electron chi connectivity index (χ4n) is 3.35.